The van der Waals surface area contributed by atoms with Gasteiger partial charge in [-0.05, 0) is 42.3 Å². The Labute approximate surface area is 153 Å². The molecule has 0 saturated carbocycles. The first kappa shape index (κ1) is 16.0. The van der Waals surface area contributed by atoms with Gasteiger partial charge in [0.25, 0.3) is 0 Å². The van der Waals surface area contributed by atoms with Crippen molar-refractivity contribution in [3.63, 3.8) is 0 Å². The summed E-state index contributed by atoms with van der Waals surface area (Å²) >= 11 is 2.93. The lowest BCUT2D eigenvalue weighted by molar-refractivity contribution is 0.450. The predicted octanol–water partition coefficient (Wildman–Crippen LogP) is 5.83. The van der Waals surface area contributed by atoms with E-state index in [0.717, 1.165) is 25.7 Å². The number of rotatable bonds is 3. The Kier molecular flexibility index (Phi) is 4.11. The molecule has 3 nitrogen and oxygen atoms in total. The Balaban J connectivity index is 1.72. The first-order chi connectivity index (χ1) is 12.1. The number of fused-ring (bicyclic) bond motifs is 1. The molecular weight excluding hydrogens is 350 g/mol. The molecule has 0 radical (unpaired) electrons. The van der Waals surface area contributed by atoms with E-state index in [1.807, 2.05) is 55.5 Å². The fraction of sp³-hybridized carbons (Fsp3) is 0.0500. The number of hydrogen-bond acceptors (Lipinski definition) is 5. The van der Waals surface area contributed by atoms with E-state index in [2.05, 4.69) is 4.98 Å². The van der Waals surface area contributed by atoms with Gasteiger partial charge in [-0.2, -0.15) is 0 Å². The highest BCUT2D eigenvalue weighted by molar-refractivity contribution is 8.01. The summed E-state index contributed by atoms with van der Waals surface area (Å²) in [6, 6.07) is 18.9. The second-order valence-corrected chi connectivity index (χ2v) is 8.02. The zero-order valence-corrected chi connectivity index (χ0v) is 15.1. The molecule has 4 aromatic rings. The summed E-state index contributed by atoms with van der Waals surface area (Å²) in [6.45, 7) is 1.98. The van der Waals surface area contributed by atoms with Crippen LogP contribution in [0.4, 0.5) is 0 Å². The Morgan fingerprint density at radius 2 is 1.64 bits per heavy atom. The largest absolute Gasteiger partial charge is 0.507 e. The minimum atomic E-state index is 0.139. The molecule has 0 aliphatic heterocycles. The number of para-hydroxylation sites is 1. The van der Waals surface area contributed by atoms with Crippen LogP contribution in [0.5, 0.6) is 11.5 Å². The highest BCUT2D eigenvalue weighted by atomic mass is 32.2. The van der Waals surface area contributed by atoms with E-state index >= 15 is 0 Å². The van der Waals surface area contributed by atoms with E-state index in [4.69, 9.17) is 0 Å². The lowest BCUT2D eigenvalue weighted by Crippen LogP contribution is -1.85. The number of aromatic hydroxyl groups is 2. The van der Waals surface area contributed by atoms with Gasteiger partial charge < -0.3 is 10.2 Å². The maximum Gasteiger partial charge on any atom is 0.156 e. The van der Waals surface area contributed by atoms with Gasteiger partial charge in [0.1, 0.15) is 11.5 Å². The lowest BCUT2D eigenvalue weighted by atomic mass is 9.99. The zero-order valence-electron chi connectivity index (χ0n) is 13.4. The topological polar surface area (TPSA) is 53.4 Å². The van der Waals surface area contributed by atoms with E-state index in [1.165, 1.54) is 11.8 Å². The molecule has 0 bridgehead atoms. The molecule has 3 aromatic carbocycles. The number of aromatic nitrogens is 1. The van der Waals surface area contributed by atoms with E-state index < -0.39 is 0 Å². The normalized spacial score (nSPS) is 11.1. The molecule has 2 N–H and O–H groups in total. The number of benzene rings is 3. The fourth-order valence-corrected chi connectivity index (χ4v) is 4.79. The second kappa shape index (κ2) is 6.43. The van der Waals surface area contributed by atoms with Gasteiger partial charge >= 0.3 is 0 Å². The molecule has 25 heavy (non-hydrogen) atoms. The van der Waals surface area contributed by atoms with Crippen LogP contribution >= 0.6 is 23.1 Å². The summed E-state index contributed by atoms with van der Waals surface area (Å²) in [5.74, 6) is 0.288. The first-order valence-corrected chi connectivity index (χ1v) is 9.40. The fourth-order valence-electron chi connectivity index (χ4n) is 2.72. The number of hydrogen-bond donors (Lipinski definition) is 2. The molecule has 5 heteroatoms. The van der Waals surface area contributed by atoms with Crippen molar-refractivity contribution in [3.05, 3.63) is 66.2 Å². The van der Waals surface area contributed by atoms with Crippen molar-refractivity contribution in [2.75, 3.05) is 0 Å². The zero-order chi connectivity index (χ0) is 17.4. The van der Waals surface area contributed by atoms with E-state index in [9.17, 15) is 10.2 Å². The molecule has 4 rings (SSSR count). The minimum absolute atomic E-state index is 0.139. The van der Waals surface area contributed by atoms with Gasteiger partial charge in [0.15, 0.2) is 4.34 Å². The third-order valence-corrected chi connectivity index (χ3v) is 6.13. The van der Waals surface area contributed by atoms with Crippen molar-refractivity contribution >= 4 is 33.3 Å². The van der Waals surface area contributed by atoms with Crippen LogP contribution in [0.15, 0.2) is 69.9 Å². The SMILES string of the molecule is Cc1ccccc1-c1cc(O)c(Sc2nc3ccccc3s2)cc1O. The number of phenolic OH excluding ortho intramolecular Hbond substituents is 2. The molecule has 0 unspecified atom stereocenters. The molecule has 0 amide bonds. The lowest BCUT2D eigenvalue weighted by Gasteiger charge is -2.11. The van der Waals surface area contributed by atoms with Gasteiger partial charge in [0.2, 0.25) is 0 Å². The van der Waals surface area contributed by atoms with E-state index in [-0.39, 0.29) is 11.5 Å². The van der Waals surface area contributed by atoms with Crippen LogP contribution in [0.25, 0.3) is 21.3 Å². The standard InChI is InChI=1S/C20H15NO2S2/c1-12-6-2-3-7-13(12)14-10-17(23)19(11-16(14)22)25-20-21-15-8-4-5-9-18(15)24-20/h2-11,22-23H,1H3. The number of nitrogens with zero attached hydrogens (tertiary/aromatic N) is 1. The van der Waals surface area contributed by atoms with Crippen molar-refractivity contribution < 1.29 is 10.2 Å². The Bertz CT molecular complexity index is 1040. The number of thiazole rings is 1. The molecule has 0 aliphatic rings. The summed E-state index contributed by atoms with van der Waals surface area (Å²) in [5.41, 5.74) is 3.52. The van der Waals surface area contributed by atoms with Gasteiger partial charge in [-0.3, -0.25) is 0 Å². The number of phenols is 2. The smallest absolute Gasteiger partial charge is 0.156 e. The van der Waals surface area contributed by atoms with Crippen LogP contribution in [-0.2, 0) is 0 Å². The highest BCUT2D eigenvalue weighted by Crippen LogP contribution is 2.43. The van der Waals surface area contributed by atoms with E-state index in [1.54, 1.807) is 23.5 Å². The maximum atomic E-state index is 10.5. The molecule has 0 saturated heterocycles. The average Bonchev–Trinajstić information content (AvgIpc) is 3.01. The average molecular weight is 365 g/mol. The predicted molar refractivity (Wildman–Crippen MR) is 104 cm³/mol. The van der Waals surface area contributed by atoms with Crippen LogP contribution in [0.3, 0.4) is 0 Å². The summed E-state index contributed by atoms with van der Waals surface area (Å²) < 4.78 is 1.93. The van der Waals surface area contributed by atoms with Gasteiger partial charge in [-0.15, -0.1) is 11.3 Å². The summed E-state index contributed by atoms with van der Waals surface area (Å²) in [5, 5.41) is 20.9. The molecule has 0 aliphatic carbocycles. The molecule has 1 aromatic heterocycles. The van der Waals surface area contributed by atoms with Crippen molar-refractivity contribution in [1.29, 1.82) is 0 Å². The van der Waals surface area contributed by atoms with Crippen LogP contribution in [0, 0.1) is 6.92 Å². The third-order valence-electron chi connectivity index (χ3n) is 3.98. The van der Waals surface area contributed by atoms with Crippen LogP contribution in [-0.4, -0.2) is 15.2 Å². The Morgan fingerprint density at radius 3 is 2.44 bits per heavy atom. The van der Waals surface area contributed by atoms with Gasteiger partial charge in [0.05, 0.1) is 15.1 Å². The minimum Gasteiger partial charge on any atom is -0.507 e. The van der Waals surface area contributed by atoms with Gasteiger partial charge in [0, 0.05) is 5.56 Å². The van der Waals surface area contributed by atoms with E-state index in [0.29, 0.717) is 10.5 Å². The summed E-state index contributed by atoms with van der Waals surface area (Å²) in [4.78, 5) is 5.15. The van der Waals surface area contributed by atoms with Gasteiger partial charge in [-0.25, -0.2) is 4.98 Å². The van der Waals surface area contributed by atoms with Crippen molar-refractivity contribution in [2.24, 2.45) is 0 Å². The van der Waals surface area contributed by atoms with Crippen LogP contribution < -0.4 is 0 Å². The molecule has 1 heterocycles. The highest BCUT2D eigenvalue weighted by Gasteiger charge is 2.14. The van der Waals surface area contributed by atoms with Crippen molar-refractivity contribution in [1.82, 2.24) is 4.98 Å². The monoisotopic (exact) mass is 365 g/mol. The molecule has 0 spiro atoms. The molecular formula is C20H15NO2S2. The Hall–Kier alpha value is -2.50. The van der Waals surface area contributed by atoms with Gasteiger partial charge in [-0.1, -0.05) is 48.2 Å². The van der Waals surface area contributed by atoms with Crippen LogP contribution in [0.1, 0.15) is 5.56 Å². The first-order valence-electron chi connectivity index (χ1n) is 7.77. The summed E-state index contributed by atoms with van der Waals surface area (Å²) in [7, 11) is 0. The second-order valence-electron chi connectivity index (χ2n) is 5.70. The van der Waals surface area contributed by atoms with Crippen molar-refractivity contribution in [2.45, 2.75) is 16.2 Å². The summed E-state index contributed by atoms with van der Waals surface area (Å²) in [6.07, 6.45) is 0. The van der Waals surface area contributed by atoms with Crippen LogP contribution in [0.2, 0.25) is 0 Å². The third kappa shape index (κ3) is 3.08. The maximum absolute atomic E-state index is 10.5. The molecule has 0 atom stereocenters. The quantitative estimate of drug-likeness (QED) is 0.448. The Morgan fingerprint density at radius 1 is 0.880 bits per heavy atom. The van der Waals surface area contributed by atoms with Crippen molar-refractivity contribution in [3.8, 4) is 22.6 Å². The molecule has 0 fully saturated rings. The molecule has 124 valence electrons. The number of aryl methyl sites for hydroxylation is 1.